The van der Waals surface area contributed by atoms with Crippen LogP contribution in [0, 0.1) is 0 Å². The molecule has 0 bridgehead atoms. The van der Waals surface area contributed by atoms with Crippen LogP contribution in [-0.2, 0) is 30.7 Å². The fourth-order valence-electron chi connectivity index (χ4n) is 0.241. The van der Waals surface area contributed by atoms with Gasteiger partial charge in [-0.15, -0.1) is 0 Å². The minimum Gasteiger partial charge on any atom is -0.693 e. The predicted molar refractivity (Wildman–Crippen MR) is 43.2 cm³/mol. The Morgan fingerprint density at radius 1 is 1.25 bits per heavy atom. The Morgan fingerprint density at radius 2 is 1.58 bits per heavy atom. The number of hydrogen-bond acceptors (Lipinski definition) is 2. The van der Waals surface area contributed by atoms with Crippen LogP contribution >= 0.6 is 15.9 Å². The van der Waals surface area contributed by atoms with Gasteiger partial charge in [-0.2, -0.15) is 0 Å². The molecule has 0 fully saturated rings. The number of alkyl halides is 1. The van der Waals surface area contributed by atoms with Crippen molar-refractivity contribution in [3.05, 3.63) is 12.3 Å². The first kappa shape index (κ1) is 22.7. The average Bonchev–Trinajstić information content (AvgIpc) is 1.63. The summed E-state index contributed by atoms with van der Waals surface area (Å²) in [5.41, 5.74) is 0. The number of hydrogen-bond donors (Lipinski definition) is 2. The zero-order valence-corrected chi connectivity index (χ0v) is 9.70. The molecule has 0 saturated heterocycles. The summed E-state index contributed by atoms with van der Waals surface area (Å²) in [7, 11) is 0. The third-order valence-corrected chi connectivity index (χ3v) is 1.34. The monoisotopic (exact) mass is 423 g/mol. The maximum Gasteiger partial charge on any atom is 2.00 e. The van der Waals surface area contributed by atoms with Gasteiger partial charge in [0.2, 0.25) is 0 Å². The molecule has 6 nitrogen and oxygen atoms in total. The van der Waals surface area contributed by atoms with E-state index in [1.807, 2.05) is 0 Å². The summed E-state index contributed by atoms with van der Waals surface area (Å²) in [5, 5.41) is 16.2. The molecule has 1 atom stereocenters. The molecule has 0 radical (unpaired) electrons. The Bertz CT molecular complexity index is 145. The van der Waals surface area contributed by atoms with Crippen LogP contribution in [0.25, 0.3) is 12.3 Å². The predicted octanol–water partition coefficient (Wildman–Crippen LogP) is 1.74. The van der Waals surface area contributed by atoms with E-state index < -0.39 is 23.2 Å². The van der Waals surface area contributed by atoms with E-state index >= 15 is 0 Å². The van der Waals surface area contributed by atoms with Crippen LogP contribution in [0.5, 0.6) is 0 Å². The number of carbonyl (C=O) groups is 2. The molecule has 0 rings (SSSR count). The maximum atomic E-state index is 9.92. The summed E-state index contributed by atoms with van der Waals surface area (Å²) >= 11 is 2.66. The second-order valence-electron chi connectivity index (χ2n) is 1.40. The molecule has 76 valence electrons. The maximum absolute atomic E-state index is 9.92. The third-order valence-electron chi connectivity index (χ3n) is 0.622. The first-order valence-corrected chi connectivity index (χ1v) is 3.04. The molecule has 12 heavy (non-hydrogen) atoms. The van der Waals surface area contributed by atoms with Gasteiger partial charge in [0.15, 0.2) is 0 Å². The smallest absolute Gasteiger partial charge is 0.693 e. The number of rotatable bonds is 3. The van der Waals surface area contributed by atoms with Gasteiger partial charge in [-0.1, -0.05) is 15.9 Å². The SMILES string of the molecule is O=C(O)CC(Br)C(=O)O.[NH2-].[NH2-].[Pt+2]. The molecule has 0 aromatic rings. The van der Waals surface area contributed by atoms with E-state index in [4.69, 9.17) is 10.2 Å². The first-order valence-electron chi connectivity index (χ1n) is 2.12. The van der Waals surface area contributed by atoms with Crippen LogP contribution in [0.2, 0.25) is 0 Å². The van der Waals surface area contributed by atoms with Crippen molar-refractivity contribution in [1.82, 2.24) is 0 Å². The van der Waals surface area contributed by atoms with Gasteiger partial charge >= 0.3 is 33.0 Å². The Hall–Kier alpha value is 0.0283. The summed E-state index contributed by atoms with van der Waals surface area (Å²) in [6, 6.07) is 0. The van der Waals surface area contributed by atoms with Crippen molar-refractivity contribution in [2.24, 2.45) is 0 Å². The largest absolute Gasteiger partial charge is 2.00 e. The molecular formula is C4H9BrN2O4Pt. The van der Waals surface area contributed by atoms with Crippen molar-refractivity contribution in [2.45, 2.75) is 11.2 Å². The molecule has 6 N–H and O–H groups in total. The van der Waals surface area contributed by atoms with Crippen LogP contribution in [0.1, 0.15) is 6.42 Å². The van der Waals surface area contributed by atoms with Crippen molar-refractivity contribution in [1.29, 1.82) is 0 Å². The van der Waals surface area contributed by atoms with Gasteiger partial charge in [0.05, 0.1) is 6.42 Å². The van der Waals surface area contributed by atoms with E-state index in [1.54, 1.807) is 0 Å². The van der Waals surface area contributed by atoms with E-state index in [-0.39, 0.29) is 33.4 Å². The Kier molecular flexibility index (Phi) is 20.9. The summed E-state index contributed by atoms with van der Waals surface area (Å²) in [4.78, 5) is 18.8. The molecule has 0 amide bonds. The second-order valence-corrected chi connectivity index (χ2v) is 2.51. The number of nitrogens with two attached hydrogens (primary N) is 2. The van der Waals surface area contributed by atoms with Gasteiger partial charge in [0.1, 0.15) is 4.83 Å². The van der Waals surface area contributed by atoms with Gasteiger partial charge in [-0.05, 0) is 0 Å². The van der Waals surface area contributed by atoms with Gasteiger partial charge in [0.25, 0.3) is 0 Å². The minimum atomic E-state index is -1.16. The van der Waals surface area contributed by atoms with Crippen LogP contribution < -0.4 is 0 Å². The first-order chi connectivity index (χ1) is 4.04. The Balaban J connectivity index is -0.000000107. The fraction of sp³-hybridized carbons (Fsp3) is 0.500. The number of halogens is 1. The average molecular weight is 424 g/mol. The van der Waals surface area contributed by atoms with Crippen LogP contribution in [-0.4, -0.2) is 27.0 Å². The van der Waals surface area contributed by atoms with Gasteiger partial charge in [-0.3, -0.25) is 9.59 Å². The van der Waals surface area contributed by atoms with Gasteiger partial charge < -0.3 is 22.5 Å². The molecule has 0 aromatic heterocycles. The summed E-state index contributed by atoms with van der Waals surface area (Å²) in [6.45, 7) is 0. The molecule has 0 saturated carbocycles. The van der Waals surface area contributed by atoms with Crippen LogP contribution in [0.15, 0.2) is 0 Å². The number of aliphatic carboxylic acids is 2. The van der Waals surface area contributed by atoms with Crippen LogP contribution in [0.4, 0.5) is 0 Å². The molecule has 8 heteroatoms. The van der Waals surface area contributed by atoms with Crippen molar-refractivity contribution in [2.75, 3.05) is 0 Å². The quantitative estimate of drug-likeness (QED) is 0.666. The minimum absolute atomic E-state index is 0. The normalized spacial score (nSPS) is 9.42. The van der Waals surface area contributed by atoms with Crippen LogP contribution in [0.3, 0.4) is 0 Å². The zero-order valence-electron chi connectivity index (χ0n) is 5.84. The van der Waals surface area contributed by atoms with Gasteiger partial charge in [0, 0.05) is 0 Å². The summed E-state index contributed by atoms with van der Waals surface area (Å²) in [6.07, 6.45) is -0.394. The standard InChI is InChI=1S/C4H5BrO4.2H2N.Pt/c5-2(4(8)9)1-3(6)7;;;/h2H,1H2,(H,6,7)(H,8,9);2*1H2;/q;2*-1;+2. The summed E-state index contributed by atoms with van der Waals surface area (Å²) < 4.78 is 0. The molecule has 0 aliphatic rings. The van der Waals surface area contributed by atoms with Crippen molar-refractivity contribution in [3.8, 4) is 0 Å². The van der Waals surface area contributed by atoms with E-state index in [0.29, 0.717) is 0 Å². The summed E-state index contributed by atoms with van der Waals surface area (Å²) in [5.74, 6) is -2.28. The Labute approximate surface area is 92.3 Å². The molecule has 0 heterocycles. The number of carboxylic acid groups (broad SMARTS) is 2. The zero-order chi connectivity index (χ0) is 7.44. The van der Waals surface area contributed by atoms with Gasteiger partial charge in [-0.25, -0.2) is 0 Å². The molecule has 0 spiro atoms. The van der Waals surface area contributed by atoms with E-state index in [0.717, 1.165) is 0 Å². The van der Waals surface area contributed by atoms with Crippen molar-refractivity contribution >= 4 is 27.9 Å². The molecule has 0 aliphatic carbocycles. The fourth-order valence-corrected chi connectivity index (χ4v) is 0.518. The molecule has 0 aromatic carbocycles. The second kappa shape index (κ2) is 11.0. The number of carboxylic acids is 2. The molecule has 1 unspecified atom stereocenters. The van der Waals surface area contributed by atoms with Crippen molar-refractivity contribution < 1.29 is 40.9 Å². The Morgan fingerprint density at radius 3 is 1.67 bits per heavy atom. The van der Waals surface area contributed by atoms with Crippen molar-refractivity contribution in [3.63, 3.8) is 0 Å². The van der Waals surface area contributed by atoms with E-state index in [2.05, 4.69) is 15.9 Å². The van der Waals surface area contributed by atoms with E-state index in [9.17, 15) is 9.59 Å². The van der Waals surface area contributed by atoms with E-state index in [1.165, 1.54) is 0 Å². The molecular weight excluding hydrogens is 415 g/mol. The third kappa shape index (κ3) is 12.7. The molecule has 0 aliphatic heterocycles. The topological polar surface area (TPSA) is 142 Å².